The summed E-state index contributed by atoms with van der Waals surface area (Å²) in [6.07, 6.45) is 0. The van der Waals surface area contributed by atoms with Crippen LogP contribution in [0, 0.1) is 6.92 Å². The van der Waals surface area contributed by atoms with E-state index >= 15 is 0 Å². The van der Waals surface area contributed by atoms with Gasteiger partial charge in [0.15, 0.2) is 0 Å². The molecule has 0 radical (unpaired) electrons. The molecule has 5 heteroatoms. The molecule has 0 saturated heterocycles. The fraction of sp³-hybridized carbons (Fsp3) is 0.0625. The summed E-state index contributed by atoms with van der Waals surface area (Å²) in [5, 5.41) is 1.71. The van der Waals surface area contributed by atoms with E-state index in [0.717, 1.165) is 10.8 Å². The molecule has 0 saturated carbocycles. The van der Waals surface area contributed by atoms with E-state index in [4.69, 9.17) is 0 Å². The maximum atomic E-state index is 12.7. The highest BCUT2D eigenvalue weighted by molar-refractivity contribution is 6.16. The Labute approximate surface area is 119 Å². The van der Waals surface area contributed by atoms with Gasteiger partial charge in [0.25, 0.3) is 5.56 Å². The SMILES string of the molecule is Cc1c(C(=O)c2cccc3ccccc23)[nH]c(=O)[nH]c1=O. The zero-order chi connectivity index (χ0) is 15.0. The predicted octanol–water partition coefficient (Wildman–Crippen LogP) is 1.76. The molecule has 0 fully saturated rings. The molecule has 3 aromatic rings. The number of H-pyrrole nitrogens is 2. The molecule has 1 aromatic heterocycles. The summed E-state index contributed by atoms with van der Waals surface area (Å²) in [6.45, 7) is 1.51. The van der Waals surface area contributed by atoms with Crippen molar-refractivity contribution in [3.05, 3.63) is 80.1 Å². The van der Waals surface area contributed by atoms with Gasteiger partial charge in [-0.2, -0.15) is 0 Å². The summed E-state index contributed by atoms with van der Waals surface area (Å²) in [5.74, 6) is -0.368. The van der Waals surface area contributed by atoms with Crippen LogP contribution >= 0.6 is 0 Å². The van der Waals surface area contributed by atoms with Gasteiger partial charge in [0.05, 0.1) is 5.69 Å². The molecule has 0 amide bonds. The van der Waals surface area contributed by atoms with E-state index in [1.165, 1.54) is 6.92 Å². The standard InChI is InChI=1S/C16H12N2O3/c1-9-13(17-16(21)18-15(9)20)14(19)12-8-4-6-10-5-2-3-7-11(10)12/h2-8H,1H3,(H2,17,18,20,21). The lowest BCUT2D eigenvalue weighted by Crippen LogP contribution is -2.28. The first kappa shape index (κ1) is 13.1. The molecule has 0 atom stereocenters. The largest absolute Gasteiger partial charge is 0.326 e. The summed E-state index contributed by atoms with van der Waals surface area (Å²) < 4.78 is 0. The van der Waals surface area contributed by atoms with Crippen LogP contribution < -0.4 is 11.2 Å². The van der Waals surface area contributed by atoms with Crippen LogP contribution in [-0.4, -0.2) is 15.8 Å². The topological polar surface area (TPSA) is 82.8 Å². The smallest absolute Gasteiger partial charge is 0.304 e. The lowest BCUT2D eigenvalue weighted by Gasteiger charge is -2.07. The second kappa shape index (κ2) is 4.86. The van der Waals surface area contributed by atoms with Crippen LogP contribution in [0.2, 0.25) is 0 Å². The Kier molecular flexibility index (Phi) is 3.02. The number of fused-ring (bicyclic) bond motifs is 1. The van der Waals surface area contributed by atoms with E-state index in [0.29, 0.717) is 5.56 Å². The van der Waals surface area contributed by atoms with E-state index in [-0.39, 0.29) is 17.0 Å². The fourth-order valence-electron chi connectivity index (χ4n) is 2.33. The molecule has 0 unspecified atom stereocenters. The summed E-state index contributed by atoms with van der Waals surface area (Å²) >= 11 is 0. The van der Waals surface area contributed by atoms with E-state index in [1.54, 1.807) is 12.1 Å². The van der Waals surface area contributed by atoms with Crippen molar-refractivity contribution >= 4 is 16.6 Å². The highest BCUT2D eigenvalue weighted by Crippen LogP contribution is 2.20. The predicted molar refractivity (Wildman–Crippen MR) is 79.8 cm³/mol. The van der Waals surface area contributed by atoms with Crippen LogP contribution in [0.25, 0.3) is 10.8 Å². The molecule has 0 bridgehead atoms. The van der Waals surface area contributed by atoms with Gasteiger partial charge in [-0.05, 0) is 17.7 Å². The number of rotatable bonds is 2. The van der Waals surface area contributed by atoms with Gasteiger partial charge in [-0.25, -0.2) is 4.79 Å². The van der Waals surface area contributed by atoms with Crippen LogP contribution in [0.1, 0.15) is 21.6 Å². The third kappa shape index (κ3) is 2.18. The molecule has 3 rings (SSSR count). The molecule has 0 spiro atoms. The molecule has 2 aromatic carbocycles. The molecule has 0 aliphatic rings. The van der Waals surface area contributed by atoms with Gasteiger partial charge in [-0.3, -0.25) is 14.6 Å². The average molecular weight is 280 g/mol. The Hall–Kier alpha value is -2.95. The fourth-order valence-corrected chi connectivity index (χ4v) is 2.33. The normalized spacial score (nSPS) is 10.7. The zero-order valence-corrected chi connectivity index (χ0v) is 11.3. The average Bonchev–Trinajstić information content (AvgIpc) is 2.49. The van der Waals surface area contributed by atoms with Crippen LogP contribution in [0.3, 0.4) is 0 Å². The lowest BCUT2D eigenvalue weighted by atomic mass is 9.98. The van der Waals surface area contributed by atoms with Gasteiger partial charge in [0.1, 0.15) is 0 Å². The van der Waals surface area contributed by atoms with Crippen LogP contribution in [0.15, 0.2) is 52.1 Å². The molecule has 5 nitrogen and oxygen atoms in total. The summed E-state index contributed by atoms with van der Waals surface area (Å²) in [7, 11) is 0. The monoisotopic (exact) mass is 280 g/mol. The van der Waals surface area contributed by atoms with Gasteiger partial charge in [0.2, 0.25) is 5.78 Å². The second-order valence-corrected chi connectivity index (χ2v) is 4.76. The number of aromatic amines is 2. The minimum atomic E-state index is -0.686. The highest BCUT2D eigenvalue weighted by atomic mass is 16.2. The number of benzene rings is 2. The van der Waals surface area contributed by atoms with Gasteiger partial charge in [0, 0.05) is 11.1 Å². The maximum absolute atomic E-state index is 12.7. The summed E-state index contributed by atoms with van der Waals surface area (Å²) in [6, 6.07) is 12.8. The quantitative estimate of drug-likeness (QED) is 0.702. The van der Waals surface area contributed by atoms with Gasteiger partial charge < -0.3 is 4.98 Å². The number of carbonyl (C=O) groups excluding carboxylic acids is 1. The Morgan fingerprint density at radius 3 is 2.48 bits per heavy atom. The molecule has 1 heterocycles. The van der Waals surface area contributed by atoms with Gasteiger partial charge in [-0.1, -0.05) is 42.5 Å². The van der Waals surface area contributed by atoms with Crippen LogP contribution in [0.5, 0.6) is 0 Å². The van der Waals surface area contributed by atoms with Crippen molar-refractivity contribution in [2.45, 2.75) is 6.92 Å². The lowest BCUT2D eigenvalue weighted by molar-refractivity contribution is 0.103. The first-order chi connectivity index (χ1) is 10.1. The number of hydrogen-bond donors (Lipinski definition) is 2. The number of carbonyl (C=O) groups is 1. The number of ketones is 1. The molecule has 2 N–H and O–H groups in total. The molecule has 21 heavy (non-hydrogen) atoms. The van der Waals surface area contributed by atoms with Crippen LogP contribution in [-0.2, 0) is 0 Å². The van der Waals surface area contributed by atoms with E-state index < -0.39 is 11.2 Å². The van der Waals surface area contributed by atoms with Gasteiger partial charge >= 0.3 is 5.69 Å². The molecular weight excluding hydrogens is 268 g/mol. The van der Waals surface area contributed by atoms with Gasteiger partial charge in [-0.15, -0.1) is 0 Å². The summed E-state index contributed by atoms with van der Waals surface area (Å²) in [5.41, 5.74) is -0.554. The van der Waals surface area contributed by atoms with Crippen molar-refractivity contribution in [2.24, 2.45) is 0 Å². The maximum Gasteiger partial charge on any atom is 0.326 e. The first-order valence-corrected chi connectivity index (χ1v) is 6.43. The zero-order valence-electron chi connectivity index (χ0n) is 11.3. The van der Waals surface area contributed by atoms with Crippen molar-refractivity contribution in [1.29, 1.82) is 0 Å². The highest BCUT2D eigenvalue weighted by Gasteiger charge is 2.17. The number of aromatic nitrogens is 2. The van der Waals surface area contributed by atoms with E-state index in [2.05, 4.69) is 9.97 Å². The Bertz CT molecular complexity index is 962. The van der Waals surface area contributed by atoms with Crippen molar-refractivity contribution < 1.29 is 4.79 Å². The third-order valence-electron chi connectivity index (χ3n) is 3.44. The van der Waals surface area contributed by atoms with Crippen molar-refractivity contribution in [1.82, 2.24) is 9.97 Å². The van der Waals surface area contributed by atoms with Crippen molar-refractivity contribution in [2.75, 3.05) is 0 Å². The molecule has 0 aliphatic carbocycles. The minimum absolute atomic E-state index is 0.0279. The van der Waals surface area contributed by atoms with E-state index in [9.17, 15) is 14.4 Å². The molecular formula is C16H12N2O3. The van der Waals surface area contributed by atoms with Crippen molar-refractivity contribution in [3.8, 4) is 0 Å². The Balaban J connectivity index is 2.27. The van der Waals surface area contributed by atoms with Crippen molar-refractivity contribution in [3.63, 3.8) is 0 Å². The van der Waals surface area contributed by atoms with Crippen LogP contribution in [0.4, 0.5) is 0 Å². The number of hydrogen-bond acceptors (Lipinski definition) is 3. The Morgan fingerprint density at radius 2 is 1.67 bits per heavy atom. The summed E-state index contributed by atoms with van der Waals surface area (Å²) in [4.78, 5) is 40.2. The molecule has 0 aliphatic heterocycles. The Morgan fingerprint density at radius 1 is 0.952 bits per heavy atom. The first-order valence-electron chi connectivity index (χ1n) is 6.43. The number of nitrogens with one attached hydrogen (secondary N) is 2. The minimum Gasteiger partial charge on any atom is -0.304 e. The van der Waals surface area contributed by atoms with E-state index in [1.807, 2.05) is 30.3 Å². The second-order valence-electron chi connectivity index (χ2n) is 4.76. The third-order valence-corrected chi connectivity index (χ3v) is 3.44. The molecule has 104 valence electrons.